The van der Waals surface area contributed by atoms with Crippen molar-refractivity contribution in [1.29, 1.82) is 0 Å². The molecule has 0 aliphatic heterocycles. The number of anilines is 2. The Kier molecular flexibility index (Phi) is 11.3. The quantitative estimate of drug-likeness (QED) is 0.0748. The molecular weight excluding hydrogens is 566 g/mol. The molecule has 0 saturated heterocycles. The minimum atomic E-state index is -0.703. The van der Waals surface area contributed by atoms with Crippen molar-refractivity contribution in [2.45, 2.75) is 20.4 Å². The molecule has 44 heavy (non-hydrogen) atoms. The Morgan fingerprint density at radius 1 is 1.23 bits per heavy atom. The number of carbonyl (C=O) groups is 3. The maximum atomic E-state index is 13.2. The number of hydrogen-bond donors (Lipinski definition) is 5. The highest BCUT2D eigenvalue weighted by atomic mass is 16.5. The summed E-state index contributed by atoms with van der Waals surface area (Å²) in [5.41, 5.74) is 13.8. The molecule has 0 unspecified atom stereocenters. The topological polar surface area (TPSA) is 203 Å². The van der Waals surface area contributed by atoms with Crippen LogP contribution in [0, 0.1) is 0 Å². The van der Waals surface area contributed by atoms with Gasteiger partial charge in [0.05, 0.1) is 25.0 Å². The zero-order chi connectivity index (χ0) is 32.4. The van der Waals surface area contributed by atoms with Gasteiger partial charge in [-0.1, -0.05) is 12.2 Å². The van der Waals surface area contributed by atoms with E-state index in [9.17, 15) is 19.5 Å². The standard InChI is InChI=1S/C30H37N9O5/c1-6-35-23(11-18(2)31)29(43)37-30-36-22-12-19(16-40)13-25(44-5)27(22)39(30)10-8-7-9-38(17-33-3)26-21(34-4)14-20(28(32)42)15-24(26)41/h7-8,11-16,33,41H,4,6,9-10,17,31H2,1-3,5H3,(H2,32,42)(H,36,37,43)/b8-7+,18-11-,35-23?. The van der Waals surface area contributed by atoms with Crippen molar-refractivity contribution in [3.63, 3.8) is 0 Å². The van der Waals surface area contributed by atoms with E-state index in [1.54, 1.807) is 42.5 Å². The molecule has 2 amide bonds. The van der Waals surface area contributed by atoms with E-state index in [1.165, 1.54) is 25.3 Å². The molecule has 3 aromatic rings. The summed E-state index contributed by atoms with van der Waals surface area (Å²) in [6.07, 6.45) is 5.85. The first-order valence-corrected chi connectivity index (χ1v) is 13.6. The predicted octanol–water partition coefficient (Wildman–Crippen LogP) is 2.50. The van der Waals surface area contributed by atoms with Crippen LogP contribution in [-0.4, -0.2) is 79.1 Å². The van der Waals surface area contributed by atoms with Gasteiger partial charge in [-0.25, -0.2) is 4.98 Å². The Bertz CT molecular complexity index is 1650. The first kappa shape index (κ1) is 33.0. The summed E-state index contributed by atoms with van der Waals surface area (Å²) in [7, 11) is 3.23. The first-order valence-electron chi connectivity index (χ1n) is 13.6. The molecule has 14 nitrogen and oxygen atoms in total. The van der Waals surface area contributed by atoms with Gasteiger partial charge in [0.15, 0.2) is 0 Å². The SMILES string of the molecule is C=Nc1cc(C(N)=O)cc(O)c1N(C/C=C/Cn1c(NC(=O)C(/C=C(/C)N)=NCC)nc2cc(C=O)cc(OC)c21)CNC. The number of aldehydes is 1. The van der Waals surface area contributed by atoms with E-state index >= 15 is 0 Å². The summed E-state index contributed by atoms with van der Waals surface area (Å²) in [5, 5.41) is 16.6. The average molecular weight is 604 g/mol. The molecule has 0 bridgehead atoms. The van der Waals surface area contributed by atoms with E-state index in [4.69, 9.17) is 16.2 Å². The lowest BCUT2D eigenvalue weighted by Gasteiger charge is -2.25. The molecule has 0 fully saturated rings. The minimum Gasteiger partial charge on any atom is -0.506 e. The van der Waals surface area contributed by atoms with Crippen molar-refractivity contribution in [2.75, 3.05) is 44.1 Å². The number of phenolic OH excluding ortho intramolecular Hbond substituents is 1. The number of primary amides is 1. The second-order valence-electron chi connectivity index (χ2n) is 9.55. The Morgan fingerprint density at radius 2 is 1.98 bits per heavy atom. The maximum Gasteiger partial charge on any atom is 0.276 e. The van der Waals surface area contributed by atoms with Crippen LogP contribution in [0.5, 0.6) is 11.5 Å². The number of aromatic nitrogens is 2. The lowest BCUT2D eigenvalue weighted by Crippen LogP contribution is -2.32. The third-order valence-corrected chi connectivity index (χ3v) is 6.31. The normalized spacial score (nSPS) is 12.0. The summed E-state index contributed by atoms with van der Waals surface area (Å²) in [6.45, 7) is 8.25. The van der Waals surface area contributed by atoms with E-state index < -0.39 is 11.8 Å². The van der Waals surface area contributed by atoms with Crippen LogP contribution in [0.1, 0.15) is 34.6 Å². The molecule has 7 N–H and O–H groups in total. The van der Waals surface area contributed by atoms with E-state index in [-0.39, 0.29) is 35.2 Å². The maximum absolute atomic E-state index is 13.2. The molecule has 3 rings (SSSR count). The van der Waals surface area contributed by atoms with Crippen LogP contribution in [0.3, 0.4) is 0 Å². The molecule has 0 spiro atoms. The van der Waals surface area contributed by atoms with Crippen molar-refractivity contribution in [1.82, 2.24) is 14.9 Å². The van der Waals surface area contributed by atoms with Crippen molar-refractivity contribution in [3.8, 4) is 11.5 Å². The van der Waals surface area contributed by atoms with E-state index in [2.05, 4.69) is 32.3 Å². The fourth-order valence-corrected chi connectivity index (χ4v) is 4.48. The number of nitrogens with one attached hydrogen (secondary N) is 2. The van der Waals surface area contributed by atoms with Crippen molar-refractivity contribution >= 4 is 58.9 Å². The van der Waals surface area contributed by atoms with Gasteiger partial charge in [0.2, 0.25) is 11.9 Å². The van der Waals surface area contributed by atoms with Crippen molar-refractivity contribution in [2.24, 2.45) is 21.5 Å². The van der Waals surface area contributed by atoms with Gasteiger partial charge in [-0.05, 0) is 58.0 Å². The van der Waals surface area contributed by atoms with E-state index in [1.807, 2.05) is 12.2 Å². The summed E-state index contributed by atoms with van der Waals surface area (Å²) >= 11 is 0. The summed E-state index contributed by atoms with van der Waals surface area (Å²) < 4.78 is 7.30. The molecular formula is C30H37N9O5. The van der Waals surface area contributed by atoms with Crippen LogP contribution >= 0.6 is 0 Å². The zero-order valence-electron chi connectivity index (χ0n) is 25.1. The number of amides is 2. The fourth-order valence-electron chi connectivity index (χ4n) is 4.48. The molecule has 1 aromatic heterocycles. The van der Waals surface area contributed by atoms with Crippen LogP contribution in [0.25, 0.3) is 11.0 Å². The predicted molar refractivity (Wildman–Crippen MR) is 172 cm³/mol. The second kappa shape index (κ2) is 15.1. The number of phenols is 1. The number of ether oxygens (including phenoxy) is 1. The van der Waals surface area contributed by atoms with Crippen LogP contribution in [-0.2, 0) is 11.3 Å². The van der Waals surface area contributed by atoms with Gasteiger partial charge in [-0.2, -0.15) is 0 Å². The number of nitrogens with zero attached hydrogens (tertiary/aromatic N) is 5. The molecule has 0 atom stereocenters. The molecule has 1 heterocycles. The third-order valence-electron chi connectivity index (χ3n) is 6.31. The Labute approximate surface area is 254 Å². The number of rotatable bonds is 15. The molecule has 0 radical (unpaired) electrons. The van der Waals surface area contributed by atoms with Crippen LogP contribution in [0.4, 0.5) is 17.3 Å². The molecule has 0 aliphatic rings. The molecule has 232 valence electrons. The monoisotopic (exact) mass is 603 g/mol. The van der Waals surface area contributed by atoms with Gasteiger partial charge >= 0.3 is 0 Å². The zero-order valence-corrected chi connectivity index (χ0v) is 25.1. The lowest BCUT2D eigenvalue weighted by molar-refractivity contribution is -0.110. The average Bonchev–Trinajstić information content (AvgIpc) is 3.33. The smallest absolute Gasteiger partial charge is 0.276 e. The van der Waals surface area contributed by atoms with Crippen molar-refractivity contribution in [3.05, 3.63) is 59.3 Å². The second-order valence-corrected chi connectivity index (χ2v) is 9.55. The number of aliphatic imine (C=N–C) groups is 2. The van der Waals surface area contributed by atoms with Gasteiger partial charge in [0.25, 0.3) is 5.91 Å². The number of hydrogen-bond acceptors (Lipinski definition) is 11. The largest absolute Gasteiger partial charge is 0.506 e. The highest BCUT2D eigenvalue weighted by Crippen LogP contribution is 2.38. The number of allylic oxidation sites excluding steroid dienone is 2. The highest BCUT2D eigenvalue weighted by Gasteiger charge is 2.20. The van der Waals surface area contributed by atoms with Gasteiger partial charge < -0.3 is 36.1 Å². The lowest BCUT2D eigenvalue weighted by atomic mass is 10.1. The van der Waals surface area contributed by atoms with E-state index in [0.717, 1.165) is 0 Å². The number of carbonyl (C=O) groups excluding carboxylic acids is 3. The fraction of sp³-hybridized carbons (Fsp3) is 0.267. The summed E-state index contributed by atoms with van der Waals surface area (Å²) in [5.74, 6) is -0.798. The van der Waals surface area contributed by atoms with Gasteiger partial charge in [-0.15, -0.1) is 0 Å². The number of imidazole rings is 1. The Morgan fingerprint density at radius 3 is 2.57 bits per heavy atom. The minimum absolute atomic E-state index is 0.103. The molecule has 14 heteroatoms. The number of nitrogens with two attached hydrogens (primary N) is 2. The summed E-state index contributed by atoms with van der Waals surface area (Å²) in [6, 6.07) is 5.93. The molecule has 2 aromatic carbocycles. The number of fused-ring (bicyclic) bond motifs is 1. The van der Waals surface area contributed by atoms with Crippen LogP contribution in [0.2, 0.25) is 0 Å². The van der Waals surface area contributed by atoms with Crippen LogP contribution < -0.4 is 31.7 Å². The number of aromatic hydroxyl groups is 1. The van der Waals surface area contributed by atoms with E-state index in [0.29, 0.717) is 59.8 Å². The van der Waals surface area contributed by atoms with Gasteiger partial charge in [0.1, 0.15) is 34.7 Å². The molecule has 0 aliphatic carbocycles. The van der Waals surface area contributed by atoms with Gasteiger partial charge in [0, 0.05) is 36.5 Å². The van der Waals surface area contributed by atoms with Crippen molar-refractivity contribution < 1.29 is 24.2 Å². The number of benzene rings is 2. The highest BCUT2D eigenvalue weighted by molar-refractivity contribution is 6.47. The third kappa shape index (κ3) is 7.66. The van der Waals surface area contributed by atoms with Gasteiger partial charge in [-0.3, -0.25) is 29.7 Å². The first-order chi connectivity index (χ1) is 21.1. The van der Waals surface area contributed by atoms with Crippen LogP contribution in [0.15, 0.2) is 58.2 Å². The number of methoxy groups -OCH3 is 1. The Hall–Kier alpha value is -5.50. The molecule has 0 saturated carbocycles. The summed E-state index contributed by atoms with van der Waals surface area (Å²) in [4.78, 5) is 51.0. The Balaban J connectivity index is 2.01.